The Labute approximate surface area is 215 Å². The molecule has 4 N–H and O–H groups in total. The molecule has 37 heavy (non-hydrogen) atoms. The van der Waals surface area contributed by atoms with Crippen LogP contribution in [0, 0.1) is 17.3 Å². The second kappa shape index (κ2) is 10.3. The van der Waals surface area contributed by atoms with Crippen molar-refractivity contribution in [1.29, 1.82) is 0 Å². The lowest BCUT2D eigenvalue weighted by molar-refractivity contribution is -0.139. The van der Waals surface area contributed by atoms with Gasteiger partial charge in [-0.25, -0.2) is 13.6 Å². The van der Waals surface area contributed by atoms with Crippen LogP contribution in [0.1, 0.15) is 87.7 Å². The van der Waals surface area contributed by atoms with Crippen LogP contribution in [0.3, 0.4) is 0 Å². The molecule has 0 atom stereocenters. The summed E-state index contributed by atoms with van der Waals surface area (Å²) in [6.07, 6.45) is 7.59. The molecule has 2 aliphatic carbocycles. The third kappa shape index (κ3) is 5.70. The van der Waals surface area contributed by atoms with Gasteiger partial charge in [0.25, 0.3) is 0 Å². The van der Waals surface area contributed by atoms with Crippen LogP contribution in [0.25, 0.3) is 11.4 Å². The molecule has 5 rings (SSSR count). The van der Waals surface area contributed by atoms with E-state index in [4.69, 9.17) is 5.14 Å². The number of sulfonamides is 1. The van der Waals surface area contributed by atoms with Crippen molar-refractivity contribution in [1.82, 2.24) is 25.9 Å². The summed E-state index contributed by atoms with van der Waals surface area (Å²) in [6, 6.07) is 2.19. The summed E-state index contributed by atoms with van der Waals surface area (Å²) in [4.78, 5) is -0.977. The van der Waals surface area contributed by atoms with Gasteiger partial charge in [-0.1, -0.05) is 6.07 Å². The number of aromatic amines is 1. The number of primary sulfonamides is 1. The van der Waals surface area contributed by atoms with Crippen molar-refractivity contribution in [2.45, 2.75) is 87.6 Å². The van der Waals surface area contributed by atoms with Crippen LogP contribution < -0.4 is 10.5 Å². The van der Waals surface area contributed by atoms with E-state index in [0.717, 1.165) is 50.8 Å². The van der Waals surface area contributed by atoms with Crippen LogP contribution in [0.2, 0.25) is 0 Å². The zero-order valence-electron chi connectivity index (χ0n) is 20.9. The number of tetrazole rings is 1. The van der Waals surface area contributed by atoms with Crippen LogP contribution in [-0.4, -0.2) is 42.1 Å². The fraction of sp³-hybridized carbons (Fsp3) is 0.720. The number of halogens is 3. The van der Waals surface area contributed by atoms with Gasteiger partial charge < -0.3 is 5.32 Å². The van der Waals surface area contributed by atoms with Crippen molar-refractivity contribution < 1.29 is 21.6 Å². The smallest absolute Gasteiger partial charge is 0.317 e. The lowest BCUT2D eigenvalue weighted by Crippen LogP contribution is -2.39. The maximum Gasteiger partial charge on any atom is 0.417 e. The number of hydrogen-bond acceptors (Lipinski definition) is 6. The van der Waals surface area contributed by atoms with Crippen LogP contribution >= 0.6 is 0 Å². The molecule has 1 aromatic heterocycles. The van der Waals surface area contributed by atoms with Crippen molar-refractivity contribution in [2.24, 2.45) is 22.4 Å². The SMILES string of the molecule is NS(=O)(=O)c1c(C(F)(F)F)ccc(C2CCC(CC3CCC4(CCNCC4)CC3)CC2)c1-c1nn[nH]n1. The predicted octanol–water partition coefficient (Wildman–Crippen LogP) is 4.76. The maximum atomic E-state index is 13.8. The first kappa shape index (κ1) is 26.6. The molecule has 1 aliphatic heterocycles. The van der Waals surface area contributed by atoms with Gasteiger partial charge in [-0.3, -0.25) is 0 Å². The molecule has 2 aromatic rings. The van der Waals surface area contributed by atoms with Gasteiger partial charge in [0.15, 0.2) is 0 Å². The number of alkyl halides is 3. The van der Waals surface area contributed by atoms with Crippen LogP contribution in [-0.2, 0) is 16.2 Å². The first-order chi connectivity index (χ1) is 17.6. The van der Waals surface area contributed by atoms with Gasteiger partial charge in [0.05, 0.1) is 5.56 Å². The Morgan fingerprint density at radius 2 is 1.62 bits per heavy atom. The summed E-state index contributed by atoms with van der Waals surface area (Å²) < 4.78 is 66.2. The highest BCUT2D eigenvalue weighted by Gasteiger charge is 2.41. The Morgan fingerprint density at radius 1 is 0.973 bits per heavy atom. The molecule has 8 nitrogen and oxygen atoms in total. The average Bonchev–Trinajstić information content (AvgIpc) is 3.39. The first-order valence-electron chi connectivity index (χ1n) is 13.3. The van der Waals surface area contributed by atoms with E-state index in [-0.39, 0.29) is 17.3 Å². The molecule has 0 radical (unpaired) electrons. The monoisotopic (exact) mass is 540 g/mol. The molecule has 0 amide bonds. The van der Waals surface area contributed by atoms with Crippen LogP contribution in [0.15, 0.2) is 17.0 Å². The standard InChI is InChI=1S/C25H35F3N6O2S/c26-25(27,28)20-6-5-19(21(22(20)37(29,35)36)23-31-33-34-32-23)18-3-1-16(2-4-18)15-17-7-9-24(10-8-17)11-13-30-14-12-24/h5-6,16-18,30H,1-4,7-15H2,(H2,29,35,36)(H,31,32,33,34). The molecule has 0 unspecified atom stereocenters. The van der Waals surface area contributed by atoms with Crippen molar-refractivity contribution in [3.63, 3.8) is 0 Å². The minimum Gasteiger partial charge on any atom is -0.317 e. The van der Waals surface area contributed by atoms with Crippen molar-refractivity contribution >= 4 is 10.0 Å². The number of nitrogens with zero attached hydrogens (tertiary/aromatic N) is 3. The number of nitrogens with two attached hydrogens (primary N) is 1. The Kier molecular flexibility index (Phi) is 7.36. The fourth-order valence-corrected chi connectivity index (χ4v) is 8.10. The molecule has 12 heteroatoms. The van der Waals surface area contributed by atoms with Gasteiger partial charge in [0, 0.05) is 5.56 Å². The van der Waals surface area contributed by atoms with E-state index < -0.39 is 26.7 Å². The molecule has 2 heterocycles. The molecule has 1 aromatic carbocycles. The minimum atomic E-state index is -4.90. The Balaban J connectivity index is 1.32. The molecular formula is C25H35F3N6O2S. The minimum absolute atomic E-state index is 0.100. The summed E-state index contributed by atoms with van der Waals surface area (Å²) in [6.45, 7) is 2.27. The number of aromatic nitrogens is 4. The van der Waals surface area contributed by atoms with E-state index in [1.54, 1.807) is 0 Å². The number of H-pyrrole nitrogens is 1. The van der Waals surface area contributed by atoms with E-state index in [9.17, 15) is 21.6 Å². The third-order valence-corrected chi connectivity index (χ3v) is 10.1. The van der Waals surface area contributed by atoms with E-state index in [0.29, 0.717) is 16.9 Å². The highest BCUT2D eigenvalue weighted by Crippen LogP contribution is 2.49. The third-order valence-electron chi connectivity index (χ3n) is 9.13. The van der Waals surface area contributed by atoms with Crippen molar-refractivity contribution in [3.05, 3.63) is 23.3 Å². The van der Waals surface area contributed by atoms with Crippen molar-refractivity contribution in [3.8, 4) is 11.4 Å². The normalized spacial score (nSPS) is 25.4. The zero-order chi connectivity index (χ0) is 26.3. The Morgan fingerprint density at radius 3 is 2.19 bits per heavy atom. The largest absolute Gasteiger partial charge is 0.417 e. The Bertz CT molecular complexity index is 1180. The number of piperidine rings is 1. The zero-order valence-corrected chi connectivity index (χ0v) is 21.7. The molecule has 204 valence electrons. The maximum absolute atomic E-state index is 13.8. The number of nitrogens with one attached hydrogen (secondary N) is 2. The lowest BCUT2D eigenvalue weighted by atomic mass is 9.64. The summed E-state index contributed by atoms with van der Waals surface area (Å²) in [5.41, 5.74) is -0.457. The molecule has 2 saturated carbocycles. The van der Waals surface area contributed by atoms with E-state index >= 15 is 0 Å². The van der Waals surface area contributed by atoms with E-state index in [1.807, 2.05) is 0 Å². The quantitative estimate of drug-likeness (QED) is 0.502. The fourth-order valence-electron chi connectivity index (χ4n) is 7.12. The van der Waals surface area contributed by atoms with Gasteiger partial charge >= 0.3 is 6.18 Å². The Hall–Kier alpha value is -2.05. The molecule has 1 spiro atoms. The second-order valence-corrected chi connectivity index (χ2v) is 12.8. The van der Waals surface area contributed by atoms with Gasteiger partial charge in [0.1, 0.15) is 4.90 Å². The summed E-state index contributed by atoms with van der Waals surface area (Å²) in [5, 5.41) is 22.1. The first-order valence-corrected chi connectivity index (χ1v) is 14.8. The second-order valence-electron chi connectivity index (χ2n) is 11.3. The number of benzene rings is 1. The molecule has 0 bridgehead atoms. The predicted molar refractivity (Wildman–Crippen MR) is 132 cm³/mol. The van der Waals surface area contributed by atoms with E-state index in [2.05, 4.69) is 25.9 Å². The van der Waals surface area contributed by atoms with Gasteiger partial charge in [-0.05, 0) is 124 Å². The van der Waals surface area contributed by atoms with Crippen LogP contribution in [0.5, 0.6) is 0 Å². The molecule has 3 fully saturated rings. The highest BCUT2D eigenvalue weighted by atomic mass is 32.2. The molecule has 3 aliphatic rings. The highest BCUT2D eigenvalue weighted by molar-refractivity contribution is 7.89. The lowest BCUT2D eigenvalue weighted by Gasteiger charge is -2.44. The van der Waals surface area contributed by atoms with E-state index in [1.165, 1.54) is 51.0 Å². The van der Waals surface area contributed by atoms with Gasteiger partial charge in [-0.15, -0.1) is 10.2 Å². The number of rotatable bonds is 5. The molecular weight excluding hydrogens is 505 g/mol. The van der Waals surface area contributed by atoms with Crippen LogP contribution in [0.4, 0.5) is 13.2 Å². The summed E-state index contributed by atoms with van der Waals surface area (Å²) >= 11 is 0. The molecule has 1 saturated heterocycles. The van der Waals surface area contributed by atoms with Gasteiger partial charge in [0.2, 0.25) is 15.8 Å². The summed E-state index contributed by atoms with van der Waals surface area (Å²) in [7, 11) is -4.72. The average molecular weight is 541 g/mol. The summed E-state index contributed by atoms with van der Waals surface area (Å²) in [5.74, 6) is 1.04. The topological polar surface area (TPSA) is 127 Å². The van der Waals surface area contributed by atoms with Crippen molar-refractivity contribution in [2.75, 3.05) is 13.1 Å². The number of hydrogen-bond donors (Lipinski definition) is 3. The van der Waals surface area contributed by atoms with Gasteiger partial charge in [-0.2, -0.15) is 18.4 Å².